The van der Waals surface area contributed by atoms with Crippen molar-refractivity contribution in [2.75, 3.05) is 6.54 Å². The molecule has 5 heteroatoms. The maximum atomic E-state index is 14.0. The lowest BCUT2D eigenvalue weighted by atomic mass is 9.97. The third-order valence-electron chi connectivity index (χ3n) is 3.14. The summed E-state index contributed by atoms with van der Waals surface area (Å²) in [6.45, 7) is 2.58. The average Bonchev–Trinajstić information content (AvgIpc) is 2.46. The van der Waals surface area contributed by atoms with E-state index in [0.29, 0.717) is 16.6 Å². The number of nitrogens with one attached hydrogen (secondary N) is 1. The van der Waals surface area contributed by atoms with Gasteiger partial charge in [-0.25, -0.2) is 13.2 Å². The van der Waals surface area contributed by atoms with Gasteiger partial charge < -0.3 is 5.32 Å². The van der Waals surface area contributed by atoms with Gasteiger partial charge in [0.05, 0.1) is 10.5 Å². The summed E-state index contributed by atoms with van der Waals surface area (Å²) >= 11 is 3.08. The molecule has 0 fully saturated rings. The molecule has 2 aromatic carbocycles. The van der Waals surface area contributed by atoms with E-state index in [9.17, 15) is 13.2 Å². The van der Waals surface area contributed by atoms with Crippen molar-refractivity contribution in [3.63, 3.8) is 0 Å². The molecule has 0 aliphatic heterocycles. The van der Waals surface area contributed by atoms with Crippen molar-refractivity contribution in [3.05, 3.63) is 69.4 Å². The Labute approximate surface area is 130 Å². The Morgan fingerprint density at radius 1 is 1.05 bits per heavy atom. The van der Waals surface area contributed by atoms with E-state index in [2.05, 4.69) is 21.2 Å². The van der Waals surface area contributed by atoms with Gasteiger partial charge in [-0.2, -0.15) is 0 Å². The zero-order valence-corrected chi connectivity index (χ0v) is 13.1. The van der Waals surface area contributed by atoms with Crippen LogP contribution in [0.4, 0.5) is 13.2 Å². The number of rotatable bonds is 5. The molecule has 0 bridgehead atoms. The molecular weight excluding hydrogens is 343 g/mol. The van der Waals surface area contributed by atoms with Crippen LogP contribution in [0.2, 0.25) is 0 Å². The van der Waals surface area contributed by atoms with E-state index in [-0.39, 0.29) is 5.56 Å². The minimum Gasteiger partial charge on any atom is -0.306 e. The smallest absolute Gasteiger partial charge is 0.137 e. The maximum absolute atomic E-state index is 14.0. The van der Waals surface area contributed by atoms with Gasteiger partial charge in [0.15, 0.2) is 0 Å². The van der Waals surface area contributed by atoms with Crippen LogP contribution in [-0.4, -0.2) is 6.54 Å². The molecular formula is C16H15BrF3N. The largest absolute Gasteiger partial charge is 0.306 e. The standard InChI is InChI=1S/C16H15BrF3N/c1-2-7-21-16(10-3-5-13(17)15(20)8-10)12-9-11(18)4-6-14(12)19/h3-6,8-9,16,21H,2,7H2,1H3. The molecule has 1 unspecified atom stereocenters. The Bertz CT molecular complexity index is 631. The van der Waals surface area contributed by atoms with Crippen LogP contribution in [-0.2, 0) is 0 Å². The van der Waals surface area contributed by atoms with E-state index < -0.39 is 23.5 Å². The molecule has 2 aromatic rings. The molecule has 0 aliphatic carbocycles. The van der Waals surface area contributed by atoms with Crippen molar-refractivity contribution in [2.24, 2.45) is 0 Å². The molecule has 0 heterocycles. The van der Waals surface area contributed by atoms with Crippen molar-refractivity contribution in [2.45, 2.75) is 19.4 Å². The second-order valence-electron chi connectivity index (χ2n) is 4.73. The molecule has 1 atom stereocenters. The molecule has 1 N–H and O–H groups in total. The highest BCUT2D eigenvalue weighted by Gasteiger charge is 2.19. The van der Waals surface area contributed by atoms with E-state index in [1.54, 1.807) is 12.1 Å². The molecule has 1 nitrogen and oxygen atoms in total. The Morgan fingerprint density at radius 3 is 2.48 bits per heavy atom. The van der Waals surface area contributed by atoms with Gasteiger partial charge in [-0.15, -0.1) is 0 Å². The minimum absolute atomic E-state index is 0.171. The third-order valence-corrected chi connectivity index (χ3v) is 3.79. The first-order valence-electron chi connectivity index (χ1n) is 6.66. The van der Waals surface area contributed by atoms with E-state index in [4.69, 9.17) is 0 Å². The van der Waals surface area contributed by atoms with Crippen LogP contribution in [0, 0.1) is 17.5 Å². The Morgan fingerprint density at radius 2 is 1.81 bits per heavy atom. The lowest BCUT2D eigenvalue weighted by Crippen LogP contribution is -2.24. The highest BCUT2D eigenvalue weighted by Crippen LogP contribution is 2.28. The fourth-order valence-electron chi connectivity index (χ4n) is 2.12. The Balaban J connectivity index is 2.46. The summed E-state index contributed by atoms with van der Waals surface area (Å²) in [4.78, 5) is 0. The first-order valence-corrected chi connectivity index (χ1v) is 7.45. The minimum atomic E-state index is -0.594. The van der Waals surface area contributed by atoms with Gasteiger partial charge in [0, 0.05) is 5.56 Å². The van der Waals surface area contributed by atoms with Crippen molar-refractivity contribution in [1.29, 1.82) is 0 Å². The van der Waals surface area contributed by atoms with Gasteiger partial charge in [-0.1, -0.05) is 13.0 Å². The van der Waals surface area contributed by atoms with Crippen molar-refractivity contribution < 1.29 is 13.2 Å². The highest BCUT2D eigenvalue weighted by molar-refractivity contribution is 9.10. The fourth-order valence-corrected chi connectivity index (χ4v) is 2.37. The summed E-state index contributed by atoms with van der Waals surface area (Å²) in [5.74, 6) is -1.48. The molecule has 0 spiro atoms. The van der Waals surface area contributed by atoms with Gasteiger partial charge in [-0.3, -0.25) is 0 Å². The fraction of sp³-hybridized carbons (Fsp3) is 0.250. The van der Waals surface area contributed by atoms with Crippen LogP contribution >= 0.6 is 15.9 Å². The van der Waals surface area contributed by atoms with Gasteiger partial charge in [0.1, 0.15) is 17.5 Å². The monoisotopic (exact) mass is 357 g/mol. The zero-order chi connectivity index (χ0) is 15.4. The summed E-state index contributed by atoms with van der Waals surface area (Å²) in [6, 6.07) is 7.26. The molecule has 21 heavy (non-hydrogen) atoms. The molecule has 0 saturated heterocycles. The van der Waals surface area contributed by atoms with Crippen LogP contribution in [0.5, 0.6) is 0 Å². The Hall–Kier alpha value is -1.33. The third kappa shape index (κ3) is 3.86. The average molecular weight is 358 g/mol. The predicted molar refractivity (Wildman–Crippen MR) is 80.6 cm³/mol. The van der Waals surface area contributed by atoms with E-state index in [1.165, 1.54) is 6.07 Å². The quantitative estimate of drug-likeness (QED) is 0.797. The number of benzene rings is 2. The summed E-state index contributed by atoms with van der Waals surface area (Å²) in [5.41, 5.74) is 0.721. The SMILES string of the molecule is CCCNC(c1ccc(Br)c(F)c1)c1cc(F)ccc1F. The van der Waals surface area contributed by atoms with E-state index in [0.717, 1.165) is 24.6 Å². The van der Waals surface area contributed by atoms with E-state index in [1.807, 2.05) is 6.92 Å². The van der Waals surface area contributed by atoms with Crippen LogP contribution in [0.25, 0.3) is 0 Å². The molecule has 0 amide bonds. The summed E-state index contributed by atoms with van der Waals surface area (Å²) in [5, 5.41) is 3.13. The van der Waals surface area contributed by atoms with Gasteiger partial charge in [-0.05, 0) is 64.8 Å². The topological polar surface area (TPSA) is 12.0 Å². The zero-order valence-electron chi connectivity index (χ0n) is 11.5. The first-order chi connectivity index (χ1) is 10.0. The Kier molecular flexibility index (Phi) is 5.42. The molecule has 0 aliphatic rings. The summed E-state index contributed by atoms with van der Waals surface area (Å²) < 4.78 is 41.5. The number of hydrogen-bond acceptors (Lipinski definition) is 1. The molecule has 2 rings (SSSR count). The van der Waals surface area contributed by atoms with Crippen LogP contribution in [0.15, 0.2) is 40.9 Å². The second-order valence-corrected chi connectivity index (χ2v) is 5.58. The molecule has 0 radical (unpaired) electrons. The van der Waals surface area contributed by atoms with Crippen molar-refractivity contribution >= 4 is 15.9 Å². The maximum Gasteiger partial charge on any atom is 0.137 e. The normalized spacial score (nSPS) is 12.4. The van der Waals surface area contributed by atoms with Crippen LogP contribution in [0.3, 0.4) is 0 Å². The number of halogens is 4. The van der Waals surface area contributed by atoms with Crippen molar-refractivity contribution in [3.8, 4) is 0 Å². The van der Waals surface area contributed by atoms with Gasteiger partial charge >= 0.3 is 0 Å². The predicted octanol–water partition coefficient (Wildman–Crippen LogP) is 4.96. The molecule has 0 aromatic heterocycles. The van der Waals surface area contributed by atoms with Crippen molar-refractivity contribution in [1.82, 2.24) is 5.32 Å². The lowest BCUT2D eigenvalue weighted by Gasteiger charge is -2.20. The van der Waals surface area contributed by atoms with E-state index >= 15 is 0 Å². The number of hydrogen-bond donors (Lipinski definition) is 1. The molecule has 112 valence electrons. The summed E-state index contributed by atoms with van der Waals surface area (Å²) in [6.07, 6.45) is 0.826. The summed E-state index contributed by atoms with van der Waals surface area (Å²) in [7, 11) is 0. The van der Waals surface area contributed by atoms with Gasteiger partial charge in [0.2, 0.25) is 0 Å². The van der Waals surface area contributed by atoms with Crippen LogP contribution in [0.1, 0.15) is 30.5 Å². The second kappa shape index (κ2) is 7.09. The first kappa shape index (κ1) is 16.0. The van der Waals surface area contributed by atoms with Gasteiger partial charge in [0.25, 0.3) is 0 Å². The highest BCUT2D eigenvalue weighted by atomic mass is 79.9. The van der Waals surface area contributed by atoms with Crippen LogP contribution < -0.4 is 5.32 Å². The lowest BCUT2D eigenvalue weighted by molar-refractivity contribution is 0.532. The molecule has 0 saturated carbocycles.